The summed E-state index contributed by atoms with van der Waals surface area (Å²) in [6.45, 7) is 8.76. The van der Waals surface area contributed by atoms with Crippen molar-refractivity contribution in [3.05, 3.63) is 29.3 Å². The van der Waals surface area contributed by atoms with Gasteiger partial charge in [-0.2, -0.15) is 0 Å². The van der Waals surface area contributed by atoms with E-state index in [0.717, 1.165) is 11.1 Å². The van der Waals surface area contributed by atoms with Crippen LogP contribution in [-0.4, -0.2) is 30.6 Å². The van der Waals surface area contributed by atoms with Crippen LogP contribution in [0.4, 0.5) is 0 Å². The molecule has 0 saturated heterocycles. The van der Waals surface area contributed by atoms with Gasteiger partial charge in [-0.1, -0.05) is 6.07 Å². The van der Waals surface area contributed by atoms with Gasteiger partial charge >= 0.3 is 0 Å². The first-order valence-electron chi connectivity index (χ1n) is 6.68. The van der Waals surface area contributed by atoms with Crippen molar-refractivity contribution in [2.45, 2.75) is 45.5 Å². The van der Waals surface area contributed by atoms with Gasteiger partial charge in [0.25, 0.3) is 0 Å². The van der Waals surface area contributed by atoms with Gasteiger partial charge in [0.05, 0.1) is 16.6 Å². The predicted molar refractivity (Wildman–Crippen MR) is 80.8 cm³/mol. The Kier molecular flexibility index (Phi) is 5.21. The van der Waals surface area contributed by atoms with Crippen LogP contribution in [0.5, 0.6) is 5.75 Å². The van der Waals surface area contributed by atoms with Gasteiger partial charge in [-0.25, -0.2) is 8.42 Å². The Bertz CT molecular complexity index is 554. The van der Waals surface area contributed by atoms with E-state index in [2.05, 4.69) is 0 Å². The highest BCUT2D eigenvalue weighted by atomic mass is 32.2. The molecule has 1 atom stereocenters. The van der Waals surface area contributed by atoms with E-state index in [1.54, 1.807) is 39.8 Å². The minimum atomic E-state index is -3.17. The van der Waals surface area contributed by atoms with E-state index in [0.29, 0.717) is 5.75 Å². The fourth-order valence-corrected chi connectivity index (χ4v) is 2.58. The van der Waals surface area contributed by atoms with Crippen LogP contribution in [-0.2, 0) is 9.84 Å². The fourth-order valence-electron chi connectivity index (χ4n) is 1.66. The molecule has 1 unspecified atom stereocenters. The SMILES string of the molecule is Cc1cc(C(C)O)ccc1OCCS(=O)(=O)C(C)(C)C. The standard InChI is InChI=1S/C15H24O4S/c1-11-10-13(12(2)16)6-7-14(11)19-8-9-20(17,18)15(3,4)5/h6-7,10,12,16H,8-9H2,1-5H3. The number of aliphatic hydroxyl groups is 1. The number of hydrogen-bond donors (Lipinski definition) is 1. The number of aliphatic hydroxyl groups excluding tert-OH is 1. The van der Waals surface area contributed by atoms with E-state index >= 15 is 0 Å². The second-order valence-corrected chi connectivity index (χ2v) is 8.84. The third kappa shape index (κ3) is 4.21. The minimum absolute atomic E-state index is 0.00586. The topological polar surface area (TPSA) is 63.6 Å². The molecular formula is C15H24O4S. The highest BCUT2D eigenvalue weighted by Gasteiger charge is 2.28. The molecule has 1 N–H and O–H groups in total. The molecule has 0 aliphatic heterocycles. The molecule has 0 fully saturated rings. The molecule has 4 nitrogen and oxygen atoms in total. The molecule has 0 aromatic heterocycles. The number of sulfone groups is 1. The number of aryl methyl sites for hydroxylation is 1. The molecule has 1 aromatic carbocycles. The van der Waals surface area contributed by atoms with Crippen LogP contribution in [0.25, 0.3) is 0 Å². The van der Waals surface area contributed by atoms with Crippen LogP contribution in [0.1, 0.15) is 44.9 Å². The number of hydrogen-bond acceptors (Lipinski definition) is 4. The average molecular weight is 300 g/mol. The minimum Gasteiger partial charge on any atom is -0.492 e. The molecule has 0 amide bonds. The second kappa shape index (κ2) is 6.14. The zero-order valence-corrected chi connectivity index (χ0v) is 13.6. The lowest BCUT2D eigenvalue weighted by molar-refractivity contribution is 0.199. The van der Waals surface area contributed by atoms with Crippen LogP contribution in [0.15, 0.2) is 18.2 Å². The van der Waals surface area contributed by atoms with Gasteiger partial charge in [0.2, 0.25) is 0 Å². The van der Waals surface area contributed by atoms with Gasteiger partial charge < -0.3 is 9.84 Å². The summed E-state index contributed by atoms with van der Waals surface area (Å²) in [5.41, 5.74) is 1.70. The summed E-state index contributed by atoms with van der Waals surface area (Å²) in [6, 6.07) is 5.39. The number of benzene rings is 1. The smallest absolute Gasteiger partial charge is 0.158 e. The fraction of sp³-hybridized carbons (Fsp3) is 0.600. The summed E-state index contributed by atoms with van der Waals surface area (Å²) in [6.07, 6.45) is -0.524. The maximum Gasteiger partial charge on any atom is 0.158 e. The van der Waals surface area contributed by atoms with Gasteiger partial charge in [-0.05, 0) is 57.9 Å². The quantitative estimate of drug-likeness (QED) is 0.908. The summed E-state index contributed by atoms with van der Waals surface area (Å²) in [5, 5.41) is 9.49. The first-order valence-corrected chi connectivity index (χ1v) is 8.33. The Morgan fingerprint density at radius 1 is 1.30 bits per heavy atom. The first-order chi connectivity index (χ1) is 9.04. The highest BCUT2D eigenvalue weighted by molar-refractivity contribution is 7.92. The van der Waals surface area contributed by atoms with E-state index in [4.69, 9.17) is 4.74 Å². The van der Waals surface area contributed by atoms with E-state index in [1.165, 1.54) is 0 Å². The van der Waals surface area contributed by atoms with Crippen LogP contribution in [0.2, 0.25) is 0 Å². The monoisotopic (exact) mass is 300 g/mol. The molecule has 0 heterocycles. The van der Waals surface area contributed by atoms with Crippen molar-refractivity contribution in [3.8, 4) is 5.75 Å². The summed E-state index contributed by atoms with van der Waals surface area (Å²) >= 11 is 0. The Labute approximate surface area is 121 Å². The molecule has 0 bridgehead atoms. The number of rotatable bonds is 5. The zero-order valence-electron chi connectivity index (χ0n) is 12.8. The van der Waals surface area contributed by atoms with Gasteiger partial charge in [0, 0.05) is 0 Å². The van der Waals surface area contributed by atoms with Crippen LogP contribution in [0.3, 0.4) is 0 Å². The third-order valence-corrected chi connectivity index (χ3v) is 5.79. The van der Waals surface area contributed by atoms with Crippen molar-refractivity contribution in [1.82, 2.24) is 0 Å². The maximum atomic E-state index is 12.0. The van der Waals surface area contributed by atoms with Crippen molar-refractivity contribution in [2.24, 2.45) is 0 Å². The Balaban J connectivity index is 2.68. The van der Waals surface area contributed by atoms with Crippen LogP contribution in [0, 0.1) is 6.92 Å². The van der Waals surface area contributed by atoms with E-state index < -0.39 is 20.7 Å². The zero-order chi connectivity index (χ0) is 15.6. The molecule has 0 saturated carbocycles. The summed E-state index contributed by atoms with van der Waals surface area (Å²) in [4.78, 5) is 0. The third-order valence-electron chi connectivity index (χ3n) is 3.22. The van der Waals surface area contributed by atoms with Gasteiger partial charge in [0.1, 0.15) is 12.4 Å². The van der Waals surface area contributed by atoms with Crippen molar-refractivity contribution in [3.63, 3.8) is 0 Å². The number of ether oxygens (including phenoxy) is 1. The molecule has 1 aromatic rings. The van der Waals surface area contributed by atoms with Crippen molar-refractivity contribution < 1.29 is 18.3 Å². The molecule has 114 valence electrons. The van der Waals surface area contributed by atoms with E-state index in [1.807, 2.05) is 13.0 Å². The Hall–Kier alpha value is -1.07. The lowest BCUT2D eigenvalue weighted by atomic mass is 10.1. The lowest BCUT2D eigenvalue weighted by Gasteiger charge is -2.19. The van der Waals surface area contributed by atoms with Crippen molar-refractivity contribution >= 4 is 9.84 Å². The second-order valence-electron chi connectivity index (χ2n) is 5.98. The molecule has 0 aliphatic carbocycles. The maximum absolute atomic E-state index is 12.0. The Morgan fingerprint density at radius 2 is 1.90 bits per heavy atom. The molecule has 1 rings (SSSR count). The van der Waals surface area contributed by atoms with Crippen molar-refractivity contribution in [2.75, 3.05) is 12.4 Å². The first kappa shape index (κ1) is 17.0. The summed E-state index contributed by atoms with van der Waals surface area (Å²) in [5.74, 6) is 0.646. The molecule has 20 heavy (non-hydrogen) atoms. The molecule has 0 radical (unpaired) electrons. The van der Waals surface area contributed by atoms with Gasteiger partial charge in [-0.3, -0.25) is 0 Å². The van der Waals surface area contributed by atoms with E-state index in [9.17, 15) is 13.5 Å². The summed E-state index contributed by atoms with van der Waals surface area (Å²) < 4.78 is 28.7. The summed E-state index contributed by atoms with van der Waals surface area (Å²) in [7, 11) is -3.17. The lowest BCUT2D eigenvalue weighted by Crippen LogP contribution is -2.32. The highest BCUT2D eigenvalue weighted by Crippen LogP contribution is 2.23. The van der Waals surface area contributed by atoms with Gasteiger partial charge in [0.15, 0.2) is 9.84 Å². The van der Waals surface area contributed by atoms with Gasteiger partial charge in [-0.15, -0.1) is 0 Å². The Morgan fingerprint density at radius 3 is 2.35 bits per heavy atom. The van der Waals surface area contributed by atoms with Crippen molar-refractivity contribution in [1.29, 1.82) is 0 Å². The molecular weight excluding hydrogens is 276 g/mol. The average Bonchev–Trinajstić information content (AvgIpc) is 2.29. The predicted octanol–water partition coefficient (Wildman–Crippen LogP) is 2.64. The molecule has 0 aliphatic rings. The largest absolute Gasteiger partial charge is 0.492 e. The molecule has 0 spiro atoms. The van der Waals surface area contributed by atoms with Crippen LogP contribution >= 0.6 is 0 Å². The normalized spacial score (nSPS) is 14.1. The van der Waals surface area contributed by atoms with E-state index in [-0.39, 0.29) is 12.4 Å². The molecule has 5 heteroatoms. The van der Waals surface area contributed by atoms with Crippen LogP contribution < -0.4 is 4.74 Å².